The zero-order valence-electron chi connectivity index (χ0n) is 11.4. The Bertz CT molecular complexity index is 299. The Morgan fingerprint density at radius 2 is 1.89 bits per heavy atom. The fourth-order valence-corrected chi connectivity index (χ4v) is 2.39. The zero-order chi connectivity index (χ0) is 14.1. The number of amides is 1. The number of carbonyl (C=O) groups is 2. The molecule has 1 rings (SSSR count). The second-order valence-electron chi connectivity index (χ2n) is 4.92. The number of hydrogen-bond donors (Lipinski definition) is 2. The number of nitrogens with one attached hydrogen (secondary N) is 1. The molecule has 0 bridgehead atoms. The Kier molecular flexibility index (Phi) is 6.80. The first-order valence-electron chi connectivity index (χ1n) is 6.67. The molecule has 2 N–H and O–H groups in total. The van der Waals surface area contributed by atoms with E-state index < -0.39 is 11.4 Å². The highest BCUT2D eigenvalue weighted by atomic mass is 16.5. The smallest absolute Gasteiger partial charge is 0.310 e. The maximum atomic E-state index is 11.7. The summed E-state index contributed by atoms with van der Waals surface area (Å²) in [4.78, 5) is 23.0. The fourth-order valence-electron chi connectivity index (χ4n) is 2.39. The molecule has 6 nitrogen and oxygen atoms in total. The van der Waals surface area contributed by atoms with Gasteiger partial charge in [-0.15, -0.1) is 0 Å². The molecular formula is C13H23NO5. The molecule has 0 saturated heterocycles. The summed E-state index contributed by atoms with van der Waals surface area (Å²) in [5.41, 5.74) is -0.846. The third kappa shape index (κ3) is 5.16. The van der Waals surface area contributed by atoms with Crippen LogP contribution in [-0.4, -0.2) is 50.5 Å². The maximum Gasteiger partial charge on any atom is 0.310 e. The Hall–Kier alpha value is -1.14. The highest BCUT2D eigenvalue weighted by Crippen LogP contribution is 2.41. The van der Waals surface area contributed by atoms with Gasteiger partial charge in [-0.2, -0.15) is 0 Å². The number of methoxy groups -OCH3 is 1. The van der Waals surface area contributed by atoms with Gasteiger partial charge in [0.15, 0.2) is 0 Å². The van der Waals surface area contributed by atoms with Crippen molar-refractivity contribution in [3.63, 3.8) is 0 Å². The summed E-state index contributed by atoms with van der Waals surface area (Å²) >= 11 is 0. The van der Waals surface area contributed by atoms with Crippen LogP contribution in [0.25, 0.3) is 0 Å². The molecule has 0 aromatic carbocycles. The van der Waals surface area contributed by atoms with Crippen molar-refractivity contribution in [2.45, 2.75) is 32.1 Å². The summed E-state index contributed by atoms with van der Waals surface area (Å²) in [7, 11) is 1.60. The number of rotatable bonds is 9. The van der Waals surface area contributed by atoms with Gasteiger partial charge in [0, 0.05) is 20.1 Å². The third-order valence-electron chi connectivity index (χ3n) is 3.51. The van der Waals surface area contributed by atoms with Gasteiger partial charge in [-0.3, -0.25) is 9.59 Å². The zero-order valence-corrected chi connectivity index (χ0v) is 11.4. The van der Waals surface area contributed by atoms with E-state index in [9.17, 15) is 14.7 Å². The van der Waals surface area contributed by atoms with Gasteiger partial charge in [0.2, 0.25) is 5.91 Å². The molecule has 1 fully saturated rings. The summed E-state index contributed by atoms with van der Waals surface area (Å²) in [6.07, 6.45) is 3.04. The molecule has 1 saturated carbocycles. The number of carbonyl (C=O) groups excluding carboxylic acids is 1. The molecule has 0 aromatic heterocycles. The topological polar surface area (TPSA) is 84.9 Å². The number of carboxylic acid groups (broad SMARTS) is 1. The molecule has 0 atom stereocenters. The van der Waals surface area contributed by atoms with E-state index in [1.807, 2.05) is 0 Å². The van der Waals surface area contributed by atoms with Crippen molar-refractivity contribution in [3.05, 3.63) is 0 Å². The normalized spacial score (nSPS) is 17.3. The summed E-state index contributed by atoms with van der Waals surface area (Å²) in [6, 6.07) is 0. The lowest BCUT2D eigenvalue weighted by Crippen LogP contribution is -2.36. The standard InChI is InChI=1S/C13H23NO5/c1-18-8-9-19-7-6-14-11(15)10-13(12(16)17)4-2-3-5-13/h2-10H2,1H3,(H,14,15)(H,16,17). The lowest BCUT2D eigenvalue weighted by Gasteiger charge is -2.22. The lowest BCUT2D eigenvalue weighted by molar-refractivity contribution is -0.151. The summed E-state index contributed by atoms with van der Waals surface area (Å²) < 4.78 is 10.0. The van der Waals surface area contributed by atoms with Gasteiger partial charge in [-0.05, 0) is 12.8 Å². The van der Waals surface area contributed by atoms with E-state index in [0.29, 0.717) is 39.2 Å². The van der Waals surface area contributed by atoms with Crippen molar-refractivity contribution in [1.82, 2.24) is 5.32 Å². The molecule has 1 aliphatic rings. The monoisotopic (exact) mass is 273 g/mol. The van der Waals surface area contributed by atoms with Gasteiger partial charge in [0.25, 0.3) is 0 Å². The van der Waals surface area contributed by atoms with Gasteiger partial charge in [-0.25, -0.2) is 0 Å². The highest BCUT2D eigenvalue weighted by Gasteiger charge is 2.42. The number of hydrogen-bond acceptors (Lipinski definition) is 4. The average molecular weight is 273 g/mol. The lowest BCUT2D eigenvalue weighted by atomic mass is 9.82. The molecule has 1 aliphatic carbocycles. The first kappa shape index (κ1) is 15.9. The molecule has 0 spiro atoms. The largest absolute Gasteiger partial charge is 0.481 e. The van der Waals surface area contributed by atoms with E-state index in [4.69, 9.17) is 9.47 Å². The van der Waals surface area contributed by atoms with Gasteiger partial charge in [0.05, 0.1) is 25.2 Å². The van der Waals surface area contributed by atoms with Crippen molar-refractivity contribution in [2.75, 3.05) is 33.5 Å². The molecule has 6 heteroatoms. The molecule has 19 heavy (non-hydrogen) atoms. The minimum atomic E-state index is -0.850. The van der Waals surface area contributed by atoms with Crippen molar-refractivity contribution in [3.8, 4) is 0 Å². The van der Waals surface area contributed by atoms with Crippen LogP contribution in [0, 0.1) is 5.41 Å². The van der Waals surface area contributed by atoms with Crippen LogP contribution in [0.2, 0.25) is 0 Å². The van der Waals surface area contributed by atoms with Crippen LogP contribution in [0.15, 0.2) is 0 Å². The molecule has 0 aromatic rings. The average Bonchev–Trinajstić information content (AvgIpc) is 2.83. The second-order valence-corrected chi connectivity index (χ2v) is 4.92. The summed E-state index contributed by atoms with van der Waals surface area (Å²) in [5.74, 6) is -1.06. The van der Waals surface area contributed by atoms with Crippen LogP contribution < -0.4 is 5.32 Å². The van der Waals surface area contributed by atoms with Crippen LogP contribution in [0.3, 0.4) is 0 Å². The number of aliphatic carboxylic acids is 1. The van der Waals surface area contributed by atoms with Gasteiger partial charge in [-0.1, -0.05) is 12.8 Å². The van der Waals surface area contributed by atoms with Crippen LogP contribution in [0.4, 0.5) is 0 Å². The Morgan fingerprint density at radius 3 is 2.47 bits per heavy atom. The minimum absolute atomic E-state index is 0.0698. The quantitative estimate of drug-likeness (QED) is 0.607. The summed E-state index contributed by atoms with van der Waals surface area (Å²) in [6.45, 7) is 1.83. The van der Waals surface area contributed by atoms with Crippen molar-refractivity contribution in [1.29, 1.82) is 0 Å². The van der Waals surface area contributed by atoms with Gasteiger partial charge < -0.3 is 19.9 Å². The van der Waals surface area contributed by atoms with Crippen molar-refractivity contribution >= 4 is 11.9 Å². The molecule has 0 radical (unpaired) electrons. The highest BCUT2D eigenvalue weighted by molar-refractivity contribution is 5.85. The van der Waals surface area contributed by atoms with Crippen LogP contribution in [0.1, 0.15) is 32.1 Å². The van der Waals surface area contributed by atoms with Crippen molar-refractivity contribution < 1.29 is 24.2 Å². The molecule has 110 valence electrons. The van der Waals surface area contributed by atoms with E-state index >= 15 is 0 Å². The molecule has 0 unspecified atom stereocenters. The number of ether oxygens (including phenoxy) is 2. The van der Waals surface area contributed by atoms with Crippen molar-refractivity contribution in [2.24, 2.45) is 5.41 Å². The number of carboxylic acids is 1. The Labute approximate surface area is 113 Å². The predicted octanol–water partition coefficient (Wildman–Crippen LogP) is 0.801. The van der Waals surface area contributed by atoms with Crippen LogP contribution in [-0.2, 0) is 19.1 Å². The van der Waals surface area contributed by atoms with E-state index in [2.05, 4.69) is 5.32 Å². The Morgan fingerprint density at radius 1 is 1.21 bits per heavy atom. The van der Waals surface area contributed by atoms with E-state index in [1.54, 1.807) is 7.11 Å². The van der Waals surface area contributed by atoms with Gasteiger partial charge in [0.1, 0.15) is 0 Å². The van der Waals surface area contributed by atoms with Crippen LogP contribution in [0.5, 0.6) is 0 Å². The second kappa shape index (κ2) is 8.12. The molecule has 1 amide bonds. The van der Waals surface area contributed by atoms with E-state index in [-0.39, 0.29) is 12.3 Å². The fraction of sp³-hybridized carbons (Fsp3) is 0.846. The van der Waals surface area contributed by atoms with Gasteiger partial charge >= 0.3 is 5.97 Å². The van der Waals surface area contributed by atoms with E-state index in [1.165, 1.54) is 0 Å². The van der Waals surface area contributed by atoms with E-state index in [0.717, 1.165) is 12.8 Å². The molecule has 0 heterocycles. The van der Waals surface area contributed by atoms with Crippen LogP contribution >= 0.6 is 0 Å². The maximum absolute atomic E-state index is 11.7. The first-order valence-corrected chi connectivity index (χ1v) is 6.67. The Balaban J connectivity index is 2.21. The third-order valence-corrected chi connectivity index (χ3v) is 3.51. The molecule has 0 aliphatic heterocycles. The SMILES string of the molecule is COCCOCCNC(=O)CC1(C(=O)O)CCCC1. The minimum Gasteiger partial charge on any atom is -0.481 e. The predicted molar refractivity (Wildman–Crippen MR) is 68.9 cm³/mol. The molecular weight excluding hydrogens is 250 g/mol. The summed E-state index contributed by atoms with van der Waals surface area (Å²) in [5, 5.41) is 12.0. The first-order chi connectivity index (χ1) is 9.10.